The number of rotatable bonds is 6. The molecule has 0 aromatic heterocycles. The Balaban J connectivity index is 2.25. The normalized spacial score (nSPS) is 20.0. The van der Waals surface area contributed by atoms with Crippen molar-refractivity contribution in [3.8, 4) is 0 Å². The Morgan fingerprint density at radius 1 is 1.38 bits per heavy atom. The summed E-state index contributed by atoms with van der Waals surface area (Å²) in [5.74, 6) is 0. The lowest BCUT2D eigenvalue weighted by molar-refractivity contribution is 0.408. The van der Waals surface area contributed by atoms with Gasteiger partial charge in [0.1, 0.15) is 0 Å². The minimum absolute atomic E-state index is 0.109. The molecule has 0 amide bonds. The Morgan fingerprint density at radius 3 is 2.76 bits per heavy atom. The molecule has 5 heteroatoms. The highest BCUT2D eigenvalue weighted by Gasteiger charge is 2.32. The highest BCUT2D eigenvalue weighted by molar-refractivity contribution is 7.89. The van der Waals surface area contributed by atoms with Crippen molar-refractivity contribution in [1.82, 2.24) is 9.62 Å². The van der Waals surface area contributed by atoms with E-state index in [9.17, 15) is 8.42 Å². The zero-order valence-corrected chi connectivity index (χ0v) is 14.0. The lowest BCUT2D eigenvalue weighted by atomic mass is 10.1. The average molecular weight is 310 g/mol. The largest absolute Gasteiger partial charge is 0.313 e. The Hall–Kier alpha value is -0.910. The molecule has 1 atom stereocenters. The first-order chi connectivity index (χ1) is 9.96. The van der Waals surface area contributed by atoms with E-state index in [0.29, 0.717) is 11.4 Å². The fourth-order valence-corrected chi connectivity index (χ4v) is 4.55. The number of nitrogens with one attached hydrogen (secondary N) is 1. The summed E-state index contributed by atoms with van der Waals surface area (Å²) < 4.78 is 27.1. The SMILES string of the molecule is CCCNCc1cc(S(=O)(=O)N2CCCC2C)ccc1C. The van der Waals surface area contributed by atoms with Crippen molar-refractivity contribution in [3.05, 3.63) is 29.3 Å². The molecular weight excluding hydrogens is 284 g/mol. The summed E-state index contributed by atoms with van der Waals surface area (Å²) in [6, 6.07) is 5.59. The van der Waals surface area contributed by atoms with E-state index in [1.54, 1.807) is 10.4 Å². The number of aryl methyl sites for hydroxylation is 1. The van der Waals surface area contributed by atoms with Crippen LogP contribution in [0.4, 0.5) is 0 Å². The molecule has 0 saturated carbocycles. The van der Waals surface area contributed by atoms with Gasteiger partial charge in [-0.3, -0.25) is 0 Å². The lowest BCUT2D eigenvalue weighted by Gasteiger charge is -2.21. The van der Waals surface area contributed by atoms with E-state index in [1.807, 2.05) is 26.0 Å². The predicted octanol–water partition coefficient (Wildman–Crippen LogP) is 2.67. The van der Waals surface area contributed by atoms with Gasteiger partial charge >= 0.3 is 0 Å². The second-order valence-electron chi connectivity index (χ2n) is 5.87. The van der Waals surface area contributed by atoms with Crippen molar-refractivity contribution >= 4 is 10.0 Å². The molecule has 0 bridgehead atoms. The third-order valence-electron chi connectivity index (χ3n) is 4.16. The van der Waals surface area contributed by atoms with Gasteiger partial charge in [0.25, 0.3) is 0 Å². The van der Waals surface area contributed by atoms with Crippen LogP contribution in [0.25, 0.3) is 0 Å². The third-order valence-corrected chi connectivity index (χ3v) is 6.17. The van der Waals surface area contributed by atoms with Crippen LogP contribution >= 0.6 is 0 Å². The van der Waals surface area contributed by atoms with Gasteiger partial charge in [-0.25, -0.2) is 8.42 Å². The Labute approximate surface area is 128 Å². The zero-order chi connectivity index (χ0) is 15.5. The fraction of sp³-hybridized carbons (Fsp3) is 0.625. The highest BCUT2D eigenvalue weighted by Crippen LogP contribution is 2.26. The van der Waals surface area contributed by atoms with Crippen LogP contribution < -0.4 is 5.32 Å². The van der Waals surface area contributed by atoms with E-state index in [2.05, 4.69) is 12.2 Å². The number of nitrogens with zero attached hydrogens (tertiary/aromatic N) is 1. The van der Waals surface area contributed by atoms with Crippen LogP contribution in [-0.4, -0.2) is 31.9 Å². The van der Waals surface area contributed by atoms with Gasteiger partial charge in [0, 0.05) is 19.1 Å². The van der Waals surface area contributed by atoms with Gasteiger partial charge in [-0.15, -0.1) is 0 Å². The van der Waals surface area contributed by atoms with Crippen LogP contribution in [0.5, 0.6) is 0 Å². The first-order valence-electron chi connectivity index (χ1n) is 7.79. The third kappa shape index (κ3) is 3.65. The van der Waals surface area contributed by atoms with Crippen LogP contribution in [0.3, 0.4) is 0 Å². The molecule has 0 spiro atoms. The summed E-state index contributed by atoms with van der Waals surface area (Å²) in [6.45, 7) is 8.44. The maximum absolute atomic E-state index is 12.7. The minimum atomic E-state index is -3.35. The molecule has 1 saturated heterocycles. The molecule has 21 heavy (non-hydrogen) atoms. The van der Waals surface area contributed by atoms with Crippen LogP contribution in [0.1, 0.15) is 44.2 Å². The monoisotopic (exact) mass is 310 g/mol. The van der Waals surface area contributed by atoms with Gasteiger partial charge in [0.2, 0.25) is 10.0 Å². The second-order valence-corrected chi connectivity index (χ2v) is 7.76. The van der Waals surface area contributed by atoms with E-state index in [4.69, 9.17) is 0 Å². The number of benzene rings is 1. The number of sulfonamides is 1. The van der Waals surface area contributed by atoms with E-state index < -0.39 is 10.0 Å². The molecule has 1 heterocycles. The molecule has 1 aromatic carbocycles. The Bertz CT molecular complexity index is 584. The van der Waals surface area contributed by atoms with E-state index >= 15 is 0 Å². The quantitative estimate of drug-likeness (QED) is 0.822. The Morgan fingerprint density at radius 2 is 2.14 bits per heavy atom. The van der Waals surface area contributed by atoms with Crippen molar-refractivity contribution in [3.63, 3.8) is 0 Å². The molecule has 0 radical (unpaired) electrons. The van der Waals surface area contributed by atoms with Crippen molar-refractivity contribution in [1.29, 1.82) is 0 Å². The van der Waals surface area contributed by atoms with Crippen LogP contribution in [0.2, 0.25) is 0 Å². The second kappa shape index (κ2) is 6.90. The van der Waals surface area contributed by atoms with Gasteiger partial charge in [-0.2, -0.15) is 4.31 Å². The average Bonchev–Trinajstić information content (AvgIpc) is 2.88. The summed E-state index contributed by atoms with van der Waals surface area (Å²) in [6.07, 6.45) is 2.98. The van der Waals surface area contributed by atoms with Gasteiger partial charge in [0.05, 0.1) is 4.90 Å². The molecule has 1 unspecified atom stereocenters. The standard InChI is InChI=1S/C16H26N2O2S/c1-4-9-17-12-15-11-16(8-7-13(15)2)21(19,20)18-10-5-6-14(18)3/h7-8,11,14,17H,4-6,9-10,12H2,1-3H3. The van der Waals surface area contributed by atoms with E-state index in [0.717, 1.165) is 43.5 Å². The van der Waals surface area contributed by atoms with Gasteiger partial charge in [-0.1, -0.05) is 13.0 Å². The first-order valence-corrected chi connectivity index (χ1v) is 9.23. The molecule has 4 nitrogen and oxygen atoms in total. The van der Waals surface area contributed by atoms with Crippen LogP contribution in [0.15, 0.2) is 23.1 Å². The molecule has 2 rings (SSSR count). The Kier molecular flexibility index (Phi) is 5.41. The molecule has 0 aliphatic carbocycles. The number of hydrogen-bond donors (Lipinski definition) is 1. The van der Waals surface area contributed by atoms with Crippen LogP contribution in [-0.2, 0) is 16.6 Å². The van der Waals surface area contributed by atoms with E-state index in [-0.39, 0.29) is 6.04 Å². The van der Waals surface area contributed by atoms with Gasteiger partial charge in [0.15, 0.2) is 0 Å². The van der Waals surface area contributed by atoms with Crippen molar-refractivity contribution < 1.29 is 8.42 Å². The predicted molar refractivity (Wildman–Crippen MR) is 85.8 cm³/mol. The van der Waals surface area contributed by atoms with E-state index in [1.165, 1.54) is 0 Å². The maximum Gasteiger partial charge on any atom is 0.243 e. The van der Waals surface area contributed by atoms with Crippen molar-refractivity contribution in [2.75, 3.05) is 13.1 Å². The molecular formula is C16H26N2O2S. The summed E-state index contributed by atoms with van der Waals surface area (Å²) in [4.78, 5) is 0.426. The topological polar surface area (TPSA) is 49.4 Å². The molecule has 1 aliphatic heterocycles. The van der Waals surface area contributed by atoms with Crippen LogP contribution in [0, 0.1) is 6.92 Å². The van der Waals surface area contributed by atoms with Crippen molar-refractivity contribution in [2.24, 2.45) is 0 Å². The molecule has 1 aliphatic rings. The fourth-order valence-electron chi connectivity index (χ4n) is 2.80. The summed E-state index contributed by atoms with van der Waals surface area (Å²) in [5.41, 5.74) is 2.20. The summed E-state index contributed by atoms with van der Waals surface area (Å²) in [5, 5.41) is 3.34. The zero-order valence-electron chi connectivity index (χ0n) is 13.2. The molecule has 118 valence electrons. The lowest BCUT2D eigenvalue weighted by Crippen LogP contribution is -2.33. The smallest absolute Gasteiger partial charge is 0.243 e. The summed E-state index contributed by atoms with van der Waals surface area (Å²) >= 11 is 0. The first kappa shape index (κ1) is 16.5. The molecule has 1 aromatic rings. The molecule has 1 N–H and O–H groups in total. The van der Waals surface area contributed by atoms with Gasteiger partial charge in [-0.05, 0) is 62.9 Å². The number of hydrogen-bond acceptors (Lipinski definition) is 3. The maximum atomic E-state index is 12.7. The van der Waals surface area contributed by atoms with Gasteiger partial charge < -0.3 is 5.32 Å². The van der Waals surface area contributed by atoms with Crippen molar-refractivity contribution in [2.45, 2.75) is 57.5 Å². The molecule has 1 fully saturated rings. The highest BCUT2D eigenvalue weighted by atomic mass is 32.2. The minimum Gasteiger partial charge on any atom is -0.313 e. The summed E-state index contributed by atoms with van der Waals surface area (Å²) in [7, 11) is -3.35.